The fraction of sp³-hybridized carbons (Fsp3) is 0.500. The summed E-state index contributed by atoms with van der Waals surface area (Å²) in [6, 6.07) is 7.23. The number of hydrogen-bond donors (Lipinski definition) is 1. The molecule has 0 heterocycles. The minimum absolute atomic E-state index is 0.158. The van der Waals surface area contributed by atoms with Crippen molar-refractivity contribution >= 4 is 21.6 Å². The predicted molar refractivity (Wildman–Crippen MR) is 75.2 cm³/mol. The maximum absolute atomic E-state index is 12.0. The van der Waals surface area contributed by atoms with Crippen LogP contribution in [0.2, 0.25) is 5.02 Å². The van der Waals surface area contributed by atoms with Crippen molar-refractivity contribution in [1.82, 2.24) is 9.62 Å². The molecule has 1 aromatic rings. The molecule has 0 saturated carbocycles. The molecule has 0 aliphatic rings. The normalized spacial score (nSPS) is 12.0. The van der Waals surface area contributed by atoms with Crippen LogP contribution >= 0.6 is 11.6 Å². The lowest BCUT2D eigenvalue weighted by Crippen LogP contribution is -2.29. The smallest absolute Gasteiger partial charge is 0.214 e. The molecule has 102 valence electrons. The molecule has 4 nitrogen and oxygen atoms in total. The molecular weight excluding hydrogens is 272 g/mol. The van der Waals surface area contributed by atoms with E-state index in [-0.39, 0.29) is 5.75 Å². The van der Waals surface area contributed by atoms with Gasteiger partial charge in [-0.2, -0.15) is 0 Å². The van der Waals surface area contributed by atoms with Crippen LogP contribution in [0.15, 0.2) is 24.3 Å². The first-order valence-electron chi connectivity index (χ1n) is 5.79. The number of halogens is 1. The zero-order valence-corrected chi connectivity index (χ0v) is 12.3. The second kappa shape index (κ2) is 7.09. The molecule has 0 atom stereocenters. The molecule has 0 fully saturated rings. The second-order valence-electron chi connectivity index (χ2n) is 4.16. The molecule has 18 heavy (non-hydrogen) atoms. The molecule has 0 aromatic heterocycles. The second-order valence-corrected chi connectivity index (χ2v) is 6.79. The number of nitrogens with one attached hydrogen (secondary N) is 1. The van der Waals surface area contributed by atoms with Crippen LogP contribution in [0.5, 0.6) is 0 Å². The summed E-state index contributed by atoms with van der Waals surface area (Å²) in [7, 11) is 0.207. The third-order valence-corrected chi connectivity index (χ3v) is 4.72. The van der Waals surface area contributed by atoms with E-state index in [0.717, 1.165) is 5.56 Å². The van der Waals surface area contributed by atoms with Crippen molar-refractivity contribution in [3.05, 3.63) is 34.9 Å². The zero-order valence-electron chi connectivity index (χ0n) is 10.7. The van der Waals surface area contributed by atoms with Crippen molar-refractivity contribution in [3.63, 3.8) is 0 Å². The molecule has 0 aliphatic heterocycles. The highest BCUT2D eigenvalue weighted by atomic mass is 35.5. The van der Waals surface area contributed by atoms with Crippen LogP contribution in [0.3, 0.4) is 0 Å². The van der Waals surface area contributed by atoms with Crippen molar-refractivity contribution in [1.29, 1.82) is 0 Å². The highest BCUT2D eigenvalue weighted by molar-refractivity contribution is 7.89. The highest BCUT2D eigenvalue weighted by Crippen LogP contribution is 2.13. The van der Waals surface area contributed by atoms with Crippen LogP contribution in [-0.4, -0.2) is 39.1 Å². The summed E-state index contributed by atoms with van der Waals surface area (Å²) in [6.45, 7) is 1.05. The monoisotopic (exact) mass is 290 g/mol. The summed E-state index contributed by atoms with van der Waals surface area (Å²) >= 11 is 5.87. The Morgan fingerprint density at radius 2 is 2.11 bits per heavy atom. The molecule has 0 unspecified atom stereocenters. The van der Waals surface area contributed by atoms with Gasteiger partial charge in [-0.15, -0.1) is 0 Å². The fourth-order valence-corrected chi connectivity index (χ4v) is 2.96. The topological polar surface area (TPSA) is 49.4 Å². The lowest BCUT2D eigenvalue weighted by molar-refractivity contribution is 0.465. The van der Waals surface area contributed by atoms with Gasteiger partial charge < -0.3 is 5.32 Å². The van der Waals surface area contributed by atoms with Crippen molar-refractivity contribution in [2.24, 2.45) is 0 Å². The Balaban J connectivity index is 2.61. The molecule has 6 heteroatoms. The highest BCUT2D eigenvalue weighted by Gasteiger charge is 2.17. The molecule has 0 amide bonds. The average Bonchev–Trinajstić information content (AvgIpc) is 2.29. The van der Waals surface area contributed by atoms with Gasteiger partial charge in [-0.3, -0.25) is 0 Å². The van der Waals surface area contributed by atoms with Gasteiger partial charge in [-0.25, -0.2) is 12.7 Å². The Labute approximate surface area is 114 Å². The van der Waals surface area contributed by atoms with E-state index < -0.39 is 10.0 Å². The Hall–Kier alpha value is -0.620. The van der Waals surface area contributed by atoms with Crippen molar-refractivity contribution in [2.45, 2.75) is 13.0 Å². The minimum atomic E-state index is -3.19. The van der Waals surface area contributed by atoms with Crippen molar-refractivity contribution in [3.8, 4) is 0 Å². The van der Waals surface area contributed by atoms with Gasteiger partial charge >= 0.3 is 0 Å². The molecule has 0 spiro atoms. The first-order valence-corrected chi connectivity index (χ1v) is 7.77. The van der Waals surface area contributed by atoms with Crippen LogP contribution < -0.4 is 5.32 Å². The quantitative estimate of drug-likeness (QED) is 0.778. The van der Waals surface area contributed by atoms with E-state index in [9.17, 15) is 8.42 Å². The summed E-state index contributed by atoms with van der Waals surface area (Å²) in [4.78, 5) is 0. The van der Waals surface area contributed by atoms with E-state index in [1.807, 2.05) is 19.2 Å². The largest absolute Gasteiger partial charge is 0.320 e. The molecule has 1 aromatic carbocycles. The fourth-order valence-electron chi connectivity index (χ4n) is 1.58. The van der Waals surface area contributed by atoms with Gasteiger partial charge in [0.2, 0.25) is 10.0 Å². The zero-order chi connectivity index (χ0) is 13.6. The van der Waals surface area contributed by atoms with E-state index in [2.05, 4.69) is 5.32 Å². The SMILES string of the molecule is CNCCCS(=O)(=O)N(C)Cc1cccc(Cl)c1. The van der Waals surface area contributed by atoms with Gasteiger partial charge in [0.15, 0.2) is 0 Å². The van der Waals surface area contributed by atoms with Gasteiger partial charge in [-0.1, -0.05) is 23.7 Å². The van der Waals surface area contributed by atoms with E-state index in [4.69, 9.17) is 11.6 Å². The van der Waals surface area contributed by atoms with Crippen LogP contribution in [0.25, 0.3) is 0 Å². The first-order chi connectivity index (χ1) is 8.45. The summed E-state index contributed by atoms with van der Waals surface area (Å²) < 4.78 is 25.3. The average molecular weight is 291 g/mol. The van der Waals surface area contributed by atoms with Crippen molar-refractivity contribution < 1.29 is 8.42 Å². The Morgan fingerprint density at radius 3 is 2.72 bits per heavy atom. The molecule has 0 radical (unpaired) electrons. The number of hydrogen-bond acceptors (Lipinski definition) is 3. The van der Waals surface area contributed by atoms with Gasteiger partial charge in [-0.05, 0) is 37.7 Å². The predicted octanol–water partition coefficient (Wildman–Crippen LogP) is 1.71. The summed E-state index contributed by atoms with van der Waals surface area (Å²) in [6.07, 6.45) is 0.610. The minimum Gasteiger partial charge on any atom is -0.320 e. The summed E-state index contributed by atoms with van der Waals surface area (Å²) in [5.41, 5.74) is 0.891. The number of sulfonamides is 1. The molecular formula is C12H19ClN2O2S. The van der Waals surface area contributed by atoms with Crippen LogP contribution in [-0.2, 0) is 16.6 Å². The standard InChI is InChI=1S/C12H19ClN2O2S/c1-14-7-4-8-18(16,17)15(2)10-11-5-3-6-12(13)9-11/h3,5-6,9,14H,4,7-8,10H2,1-2H3. The van der Waals surface area contributed by atoms with Crippen LogP contribution in [0, 0.1) is 0 Å². The Morgan fingerprint density at radius 1 is 1.39 bits per heavy atom. The Kier molecular flexibility index (Phi) is 6.08. The van der Waals surface area contributed by atoms with E-state index >= 15 is 0 Å². The van der Waals surface area contributed by atoms with Crippen LogP contribution in [0.4, 0.5) is 0 Å². The third-order valence-electron chi connectivity index (χ3n) is 2.60. The van der Waals surface area contributed by atoms with E-state index in [1.165, 1.54) is 4.31 Å². The maximum Gasteiger partial charge on any atom is 0.214 e. The lowest BCUT2D eigenvalue weighted by atomic mass is 10.2. The van der Waals surface area contributed by atoms with Crippen molar-refractivity contribution in [2.75, 3.05) is 26.4 Å². The molecule has 0 saturated heterocycles. The van der Waals surface area contributed by atoms with Gasteiger partial charge in [0.05, 0.1) is 5.75 Å². The number of nitrogens with zero attached hydrogens (tertiary/aromatic N) is 1. The van der Waals surface area contributed by atoms with E-state index in [0.29, 0.717) is 24.5 Å². The van der Waals surface area contributed by atoms with Gasteiger partial charge in [0.1, 0.15) is 0 Å². The third kappa shape index (κ3) is 4.94. The van der Waals surface area contributed by atoms with E-state index in [1.54, 1.807) is 19.2 Å². The summed E-state index contributed by atoms with van der Waals surface area (Å²) in [5, 5.41) is 3.55. The lowest BCUT2D eigenvalue weighted by Gasteiger charge is -2.17. The van der Waals surface area contributed by atoms with Gasteiger partial charge in [0.25, 0.3) is 0 Å². The molecule has 1 N–H and O–H groups in total. The first kappa shape index (κ1) is 15.4. The van der Waals surface area contributed by atoms with Gasteiger partial charge in [0, 0.05) is 18.6 Å². The van der Waals surface area contributed by atoms with Crippen LogP contribution in [0.1, 0.15) is 12.0 Å². The number of rotatable bonds is 7. The number of benzene rings is 1. The Bertz CT molecular complexity index is 477. The molecule has 0 aliphatic carbocycles. The summed E-state index contributed by atoms with van der Waals surface area (Å²) in [5.74, 6) is 0.158. The molecule has 1 rings (SSSR count). The molecule has 0 bridgehead atoms. The maximum atomic E-state index is 12.0.